The smallest absolute Gasteiger partial charge is 0.277 e. The largest absolute Gasteiger partial charge is 0.394 e. The summed E-state index contributed by atoms with van der Waals surface area (Å²) in [5, 5.41) is 11.6. The van der Waals surface area contributed by atoms with Crippen molar-refractivity contribution in [2.24, 2.45) is 0 Å². The van der Waals surface area contributed by atoms with Crippen molar-refractivity contribution in [3.05, 3.63) is 54.5 Å². The lowest BCUT2D eigenvalue weighted by atomic mass is 10.1. The van der Waals surface area contributed by atoms with E-state index in [-0.39, 0.29) is 28.3 Å². The van der Waals surface area contributed by atoms with Gasteiger partial charge in [0.15, 0.2) is 11.6 Å². The fourth-order valence-electron chi connectivity index (χ4n) is 1.84. The minimum absolute atomic E-state index is 0.150. The summed E-state index contributed by atoms with van der Waals surface area (Å²) < 4.78 is 28.9. The van der Waals surface area contributed by atoms with Gasteiger partial charge in [0.2, 0.25) is 0 Å². The van der Waals surface area contributed by atoms with Crippen LogP contribution in [-0.4, -0.2) is 24.2 Å². The molecule has 0 atom stereocenters. The number of hydroxylamine groups is 1. The Morgan fingerprint density at radius 3 is 2.68 bits per heavy atom. The normalized spacial score (nSPS) is 10.6. The molecular weight excluding hydrogens is 536 g/mol. The Morgan fingerprint density at radius 2 is 2.04 bits per heavy atom. The number of aliphatic hydroxyl groups excluding tert-OH is 1. The molecule has 134 valence electrons. The summed E-state index contributed by atoms with van der Waals surface area (Å²) in [6.45, 7) is -0.465. The molecule has 25 heavy (non-hydrogen) atoms. The molecule has 0 aliphatic carbocycles. The molecule has 2 aromatic carbocycles. The molecule has 0 heterocycles. The lowest BCUT2D eigenvalue weighted by molar-refractivity contribution is 0.0168. The fourth-order valence-corrected chi connectivity index (χ4v) is 3.15. The van der Waals surface area contributed by atoms with Gasteiger partial charge >= 0.3 is 0 Å². The number of carbonyl (C=O) groups is 1. The molecule has 10 heteroatoms. The van der Waals surface area contributed by atoms with E-state index >= 15 is 0 Å². The lowest BCUT2D eigenvalue weighted by Crippen LogP contribution is -2.26. The van der Waals surface area contributed by atoms with E-state index in [4.69, 9.17) is 21.5 Å². The van der Waals surface area contributed by atoms with Crippen LogP contribution >= 0.6 is 50.1 Å². The second-order valence-electron chi connectivity index (χ2n) is 4.66. The molecule has 0 aliphatic heterocycles. The number of carbonyl (C=O) groups excluding carboxylic acids is 1. The molecule has 0 aromatic heterocycles. The van der Waals surface area contributed by atoms with Crippen LogP contribution in [0, 0.1) is 15.2 Å². The average molecular weight is 548 g/mol. The van der Waals surface area contributed by atoms with Gasteiger partial charge in [0, 0.05) is 3.57 Å². The molecule has 0 unspecified atom stereocenters. The van der Waals surface area contributed by atoms with Gasteiger partial charge in [0.25, 0.3) is 5.91 Å². The quantitative estimate of drug-likeness (QED) is 0.217. The third-order valence-electron chi connectivity index (χ3n) is 2.96. The number of rotatable bonds is 6. The van der Waals surface area contributed by atoms with Gasteiger partial charge in [-0.25, -0.2) is 14.3 Å². The molecule has 2 rings (SSSR count). The van der Waals surface area contributed by atoms with Crippen molar-refractivity contribution < 1.29 is 23.5 Å². The monoisotopic (exact) mass is 546 g/mol. The number of amides is 1. The Labute approximate surface area is 168 Å². The predicted octanol–water partition coefficient (Wildman–Crippen LogP) is 4.38. The molecule has 1 amide bonds. The van der Waals surface area contributed by atoms with Crippen molar-refractivity contribution in [3.8, 4) is 0 Å². The van der Waals surface area contributed by atoms with Crippen LogP contribution < -0.4 is 10.8 Å². The Bertz CT molecular complexity index is 811. The maximum Gasteiger partial charge on any atom is 0.277 e. The van der Waals surface area contributed by atoms with Gasteiger partial charge in [0.05, 0.1) is 39.6 Å². The van der Waals surface area contributed by atoms with E-state index in [1.807, 2.05) is 5.48 Å². The Morgan fingerprint density at radius 1 is 1.32 bits per heavy atom. The summed E-state index contributed by atoms with van der Waals surface area (Å²) in [4.78, 5) is 16.9. The number of anilines is 2. The predicted molar refractivity (Wildman–Crippen MR) is 102 cm³/mol. The zero-order valence-corrected chi connectivity index (χ0v) is 16.9. The third kappa shape index (κ3) is 5.00. The van der Waals surface area contributed by atoms with Crippen LogP contribution in [-0.2, 0) is 4.84 Å². The molecule has 3 N–H and O–H groups in total. The van der Waals surface area contributed by atoms with Crippen LogP contribution in [0.25, 0.3) is 0 Å². The maximum absolute atomic E-state index is 14.4. The first-order valence-corrected chi connectivity index (χ1v) is 9.02. The number of nitrogens with one attached hydrogen (secondary N) is 2. The summed E-state index contributed by atoms with van der Waals surface area (Å²) in [7, 11) is 0. The summed E-state index contributed by atoms with van der Waals surface area (Å²) >= 11 is 11.0. The van der Waals surface area contributed by atoms with Crippen LogP contribution in [0.3, 0.4) is 0 Å². The van der Waals surface area contributed by atoms with Crippen LogP contribution in [0.4, 0.5) is 20.2 Å². The van der Waals surface area contributed by atoms with E-state index in [2.05, 4.69) is 43.8 Å². The van der Waals surface area contributed by atoms with Crippen molar-refractivity contribution in [3.63, 3.8) is 0 Å². The zero-order chi connectivity index (χ0) is 18.6. The Kier molecular flexibility index (Phi) is 7.37. The van der Waals surface area contributed by atoms with E-state index in [1.165, 1.54) is 0 Å². The zero-order valence-electron chi connectivity index (χ0n) is 12.4. The van der Waals surface area contributed by atoms with Crippen LogP contribution in [0.5, 0.6) is 0 Å². The lowest BCUT2D eigenvalue weighted by Gasteiger charge is -2.15. The van der Waals surface area contributed by atoms with Crippen LogP contribution in [0.1, 0.15) is 10.4 Å². The highest BCUT2D eigenvalue weighted by Crippen LogP contribution is 2.34. The minimum Gasteiger partial charge on any atom is -0.394 e. The molecule has 0 saturated heterocycles. The topological polar surface area (TPSA) is 70.6 Å². The van der Waals surface area contributed by atoms with Crippen molar-refractivity contribution >= 4 is 67.4 Å². The first-order valence-electron chi connectivity index (χ1n) is 6.77. The van der Waals surface area contributed by atoms with Gasteiger partial charge in [-0.05, 0) is 62.8 Å². The summed E-state index contributed by atoms with van der Waals surface area (Å²) in [5.74, 6) is -3.23. The molecule has 0 fully saturated rings. The van der Waals surface area contributed by atoms with Gasteiger partial charge in [0.1, 0.15) is 0 Å². The van der Waals surface area contributed by atoms with E-state index in [0.717, 1.165) is 9.64 Å². The summed E-state index contributed by atoms with van der Waals surface area (Å²) in [5.41, 5.74) is 1.74. The van der Waals surface area contributed by atoms with Crippen molar-refractivity contribution in [1.82, 2.24) is 5.48 Å². The first kappa shape index (κ1) is 20.3. The standard InChI is InChI=1S/C15H11BrClF2IN2O3/c16-9-6-8(15(24)22-25-4-3-23)14(13(19)12(9)18)21-11-2-1-7(20)5-10(11)17/h1-2,5-6,21,23H,3-4H2,(H,22,24). The highest BCUT2D eigenvalue weighted by molar-refractivity contribution is 14.1. The highest BCUT2D eigenvalue weighted by atomic mass is 127. The molecule has 0 bridgehead atoms. The molecular formula is C15H11BrClF2IN2O3. The second-order valence-corrected chi connectivity index (χ2v) is 7.17. The van der Waals surface area contributed by atoms with Crippen LogP contribution in [0.15, 0.2) is 28.7 Å². The average Bonchev–Trinajstić information content (AvgIpc) is 2.57. The van der Waals surface area contributed by atoms with Gasteiger partial charge in [-0.3, -0.25) is 9.63 Å². The van der Waals surface area contributed by atoms with Crippen LogP contribution in [0.2, 0.25) is 5.02 Å². The maximum atomic E-state index is 14.4. The molecule has 0 saturated carbocycles. The number of halogens is 5. The third-order valence-corrected chi connectivity index (χ3v) is 4.52. The summed E-state index contributed by atoms with van der Waals surface area (Å²) in [6, 6.07) is 6.03. The minimum atomic E-state index is -1.25. The fraction of sp³-hybridized carbons (Fsp3) is 0.133. The first-order chi connectivity index (χ1) is 11.8. The van der Waals surface area contributed by atoms with Crippen molar-refractivity contribution in [2.75, 3.05) is 18.5 Å². The molecule has 2 aromatic rings. The van der Waals surface area contributed by atoms with Gasteiger partial charge < -0.3 is 10.4 Å². The Balaban J connectivity index is 2.44. The van der Waals surface area contributed by atoms with Gasteiger partial charge in [-0.2, -0.15) is 0 Å². The van der Waals surface area contributed by atoms with Gasteiger partial charge in [-0.15, -0.1) is 0 Å². The molecule has 0 radical (unpaired) electrons. The van der Waals surface area contributed by atoms with E-state index < -0.39 is 23.2 Å². The number of aliphatic hydroxyl groups is 1. The van der Waals surface area contributed by atoms with Crippen molar-refractivity contribution in [1.29, 1.82) is 0 Å². The number of benzene rings is 2. The Hall–Kier alpha value is -1.01. The molecule has 0 spiro atoms. The van der Waals surface area contributed by atoms with E-state index in [1.54, 1.807) is 18.2 Å². The number of hydrogen-bond acceptors (Lipinski definition) is 4. The highest BCUT2D eigenvalue weighted by Gasteiger charge is 2.22. The molecule has 0 aliphatic rings. The van der Waals surface area contributed by atoms with E-state index in [0.29, 0.717) is 5.69 Å². The van der Waals surface area contributed by atoms with Gasteiger partial charge in [-0.1, -0.05) is 11.6 Å². The second kappa shape index (κ2) is 9.08. The number of hydrogen-bond donors (Lipinski definition) is 3. The van der Waals surface area contributed by atoms with Crippen molar-refractivity contribution in [2.45, 2.75) is 0 Å². The molecule has 5 nitrogen and oxygen atoms in total. The summed E-state index contributed by atoms with van der Waals surface area (Å²) in [6.07, 6.45) is 0. The SMILES string of the molecule is O=C(NOCCO)c1cc(Br)c(F)c(F)c1Nc1ccc(I)cc1Cl. The van der Waals surface area contributed by atoms with E-state index in [9.17, 15) is 13.6 Å².